The third-order valence-corrected chi connectivity index (χ3v) is 7.82. The molecule has 2 aromatic carbocycles. The van der Waals surface area contributed by atoms with E-state index in [0.717, 1.165) is 14.7 Å². The summed E-state index contributed by atoms with van der Waals surface area (Å²) in [6.45, 7) is 4.90. The van der Waals surface area contributed by atoms with Crippen LogP contribution in [0.5, 0.6) is 5.75 Å². The van der Waals surface area contributed by atoms with Gasteiger partial charge in [-0.3, -0.25) is 9.59 Å². The zero-order chi connectivity index (χ0) is 27.8. The number of nitrogens with one attached hydrogen (secondary N) is 1. The summed E-state index contributed by atoms with van der Waals surface area (Å²) in [7, 11) is -0.118. The summed E-state index contributed by atoms with van der Waals surface area (Å²) in [5.41, 5.74) is 0.429. The lowest BCUT2D eigenvalue weighted by molar-refractivity contribution is -0.140. The number of carbonyl (C=O) groups excluding carboxylic acids is 2. The van der Waals surface area contributed by atoms with Gasteiger partial charge in [-0.2, -0.15) is 12.7 Å². The third-order valence-electron chi connectivity index (χ3n) is 6.01. The number of ether oxygens (including phenoxy) is 1. The van der Waals surface area contributed by atoms with Gasteiger partial charge in [0.05, 0.1) is 12.8 Å². The summed E-state index contributed by atoms with van der Waals surface area (Å²) in [6, 6.07) is 11.4. The molecule has 0 aliphatic heterocycles. The molecule has 0 bridgehead atoms. The first-order valence-corrected chi connectivity index (χ1v) is 13.5. The maximum atomic E-state index is 14.7. The van der Waals surface area contributed by atoms with Crippen LogP contribution in [-0.2, 0) is 26.3 Å². The fourth-order valence-electron chi connectivity index (χ4n) is 3.68. The predicted octanol–water partition coefficient (Wildman–Crippen LogP) is 3.17. The zero-order valence-corrected chi connectivity index (χ0v) is 23.1. The van der Waals surface area contributed by atoms with E-state index in [2.05, 4.69) is 5.32 Å². The molecule has 2 unspecified atom stereocenters. The highest BCUT2D eigenvalue weighted by Crippen LogP contribution is 2.24. The molecule has 0 fully saturated rings. The van der Waals surface area contributed by atoms with Gasteiger partial charge in [-0.25, -0.2) is 8.70 Å². The van der Waals surface area contributed by atoms with E-state index in [4.69, 9.17) is 4.74 Å². The highest BCUT2D eigenvalue weighted by molar-refractivity contribution is 7.90. The van der Waals surface area contributed by atoms with Gasteiger partial charge in [0, 0.05) is 26.7 Å². The number of anilines is 1. The molecule has 0 saturated carbocycles. The minimum atomic E-state index is -4.24. The minimum Gasteiger partial charge on any atom is -0.497 e. The number of hydrogen-bond acceptors (Lipinski definition) is 5. The zero-order valence-electron chi connectivity index (χ0n) is 22.3. The third kappa shape index (κ3) is 7.65. The van der Waals surface area contributed by atoms with Crippen molar-refractivity contribution in [1.29, 1.82) is 0 Å². The van der Waals surface area contributed by atoms with Crippen molar-refractivity contribution in [3.8, 4) is 5.75 Å². The molecule has 204 valence electrons. The normalized spacial score (nSPS) is 13.1. The molecular weight excluding hydrogens is 499 g/mol. The largest absolute Gasteiger partial charge is 0.497 e. The number of nitrogens with zero attached hydrogens (tertiary/aromatic N) is 3. The highest BCUT2D eigenvalue weighted by Gasteiger charge is 2.34. The molecule has 2 rings (SSSR count). The minimum absolute atomic E-state index is 0.0234. The van der Waals surface area contributed by atoms with Crippen LogP contribution < -0.4 is 14.4 Å². The number of carbonyl (C=O) groups is 2. The Labute approximate surface area is 219 Å². The van der Waals surface area contributed by atoms with Crippen molar-refractivity contribution < 1.29 is 27.1 Å². The molecular formula is C26H37FN4O5S. The standard InChI is InChI=1S/C26H37FN4O5S/c1-7-19(3)28-26(33)23(8-2)30(17-20-12-11-13-21(16-20)36-6)25(32)18-31(37(34,35)29(4)5)24-15-10-9-14-22(24)27/h9-16,19,23H,7-8,17-18H2,1-6H3,(H,28,33). The van der Waals surface area contributed by atoms with Gasteiger partial charge >= 0.3 is 10.2 Å². The average Bonchev–Trinajstić information content (AvgIpc) is 2.87. The fourth-order valence-corrected chi connectivity index (χ4v) is 4.75. The summed E-state index contributed by atoms with van der Waals surface area (Å²) in [5.74, 6) is -1.21. The van der Waals surface area contributed by atoms with Gasteiger partial charge in [-0.15, -0.1) is 0 Å². The second kappa shape index (κ2) is 13.4. The number of benzene rings is 2. The van der Waals surface area contributed by atoms with Crippen molar-refractivity contribution in [2.24, 2.45) is 0 Å². The van der Waals surface area contributed by atoms with Crippen molar-refractivity contribution >= 4 is 27.7 Å². The Morgan fingerprint density at radius 3 is 2.30 bits per heavy atom. The van der Waals surface area contributed by atoms with Crippen LogP contribution in [-0.4, -0.2) is 69.3 Å². The number of methoxy groups -OCH3 is 1. The fraction of sp³-hybridized carbons (Fsp3) is 0.462. The van der Waals surface area contributed by atoms with Gasteiger partial charge in [0.25, 0.3) is 0 Å². The van der Waals surface area contributed by atoms with Crippen molar-refractivity contribution in [3.63, 3.8) is 0 Å². The van der Waals surface area contributed by atoms with Gasteiger partial charge in [0.1, 0.15) is 24.2 Å². The first kappa shape index (κ1) is 30.0. The smallest absolute Gasteiger partial charge is 0.304 e. The van der Waals surface area contributed by atoms with Gasteiger partial charge in [0.2, 0.25) is 11.8 Å². The molecule has 37 heavy (non-hydrogen) atoms. The Balaban J connectivity index is 2.54. The van der Waals surface area contributed by atoms with Crippen LogP contribution in [0.3, 0.4) is 0 Å². The van der Waals surface area contributed by atoms with Gasteiger partial charge in [-0.05, 0) is 49.6 Å². The topological polar surface area (TPSA) is 99.3 Å². The molecule has 11 heteroatoms. The number of amides is 2. The van der Waals surface area contributed by atoms with Crippen molar-refractivity contribution in [2.45, 2.75) is 52.2 Å². The van der Waals surface area contributed by atoms with E-state index in [1.54, 1.807) is 31.2 Å². The van der Waals surface area contributed by atoms with Crippen LogP contribution in [0.25, 0.3) is 0 Å². The van der Waals surface area contributed by atoms with E-state index in [9.17, 15) is 22.4 Å². The molecule has 0 saturated heterocycles. The van der Waals surface area contributed by atoms with E-state index in [0.29, 0.717) is 17.7 Å². The maximum absolute atomic E-state index is 14.7. The van der Waals surface area contributed by atoms with E-state index < -0.39 is 34.5 Å². The van der Waals surface area contributed by atoms with Crippen LogP contribution in [0.4, 0.5) is 10.1 Å². The Bertz CT molecular complexity index is 1180. The number of halogens is 1. The Hall–Kier alpha value is -3.18. The van der Waals surface area contributed by atoms with Crippen molar-refractivity contribution in [1.82, 2.24) is 14.5 Å². The van der Waals surface area contributed by atoms with Crippen LogP contribution in [0.2, 0.25) is 0 Å². The Morgan fingerprint density at radius 1 is 1.05 bits per heavy atom. The summed E-state index contributed by atoms with van der Waals surface area (Å²) in [5, 5.41) is 2.91. The molecule has 2 amide bonds. The van der Waals surface area contributed by atoms with E-state index in [1.165, 1.54) is 44.3 Å². The Kier molecular flexibility index (Phi) is 10.9. The summed E-state index contributed by atoms with van der Waals surface area (Å²) in [4.78, 5) is 28.3. The van der Waals surface area contributed by atoms with Crippen LogP contribution in [0, 0.1) is 5.82 Å². The van der Waals surface area contributed by atoms with Gasteiger partial charge in [0.15, 0.2) is 0 Å². The van der Waals surface area contributed by atoms with Crippen LogP contribution >= 0.6 is 0 Å². The first-order valence-electron chi connectivity index (χ1n) is 12.1. The summed E-state index contributed by atoms with van der Waals surface area (Å²) in [6.07, 6.45) is 0.992. The molecule has 2 atom stereocenters. The molecule has 0 aromatic heterocycles. The Morgan fingerprint density at radius 2 is 1.73 bits per heavy atom. The SMILES string of the molecule is CCC(C)NC(=O)C(CC)N(Cc1cccc(OC)c1)C(=O)CN(c1ccccc1F)S(=O)(=O)N(C)C. The molecule has 0 aliphatic rings. The second-order valence-corrected chi connectivity index (χ2v) is 10.9. The molecule has 2 aromatic rings. The van der Waals surface area contributed by atoms with Crippen molar-refractivity contribution in [3.05, 3.63) is 59.9 Å². The average molecular weight is 537 g/mol. The maximum Gasteiger partial charge on any atom is 0.304 e. The van der Waals surface area contributed by atoms with Crippen molar-refractivity contribution in [2.75, 3.05) is 32.1 Å². The predicted molar refractivity (Wildman–Crippen MR) is 142 cm³/mol. The van der Waals surface area contributed by atoms with E-state index in [-0.39, 0.29) is 30.6 Å². The lowest BCUT2D eigenvalue weighted by Gasteiger charge is -2.34. The number of hydrogen-bond donors (Lipinski definition) is 1. The second-order valence-electron chi connectivity index (χ2n) is 8.86. The number of para-hydroxylation sites is 1. The molecule has 0 spiro atoms. The number of rotatable bonds is 13. The van der Waals surface area contributed by atoms with Crippen LogP contribution in [0.1, 0.15) is 39.2 Å². The molecule has 0 heterocycles. The molecule has 0 radical (unpaired) electrons. The molecule has 1 N–H and O–H groups in total. The summed E-state index contributed by atoms with van der Waals surface area (Å²) >= 11 is 0. The lowest BCUT2D eigenvalue weighted by Crippen LogP contribution is -2.54. The lowest BCUT2D eigenvalue weighted by atomic mass is 10.1. The van der Waals surface area contributed by atoms with E-state index >= 15 is 0 Å². The quantitative estimate of drug-likeness (QED) is 0.424. The van der Waals surface area contributed by atoms with Crippen LogP contribution in [0.15, 0.2) is 48.5 Å². The van der Waals surface area contributed by atoms with Gasteiger partial charge in [-0.1, -0.05) is 38.1 Å². The van der Waals surface area contributed by atoms with Gasteiger partial charge < -0.3 is 15.0 Å². The monoisotopic (exact) mass is 536 g/mol. The molecule has 0 aliphatic carbocycles. The molecule has 9 nitrogen and oxygen atoms in total. The van der Waals surface area contributed by atoms with E-state index in [1.807, 2.05) is 13.8 Å². The summed E-state index contributed by atoms with van der Waals surface area (Å²) < 4.78 is 48.0. The highest BCUT2D eigenvalue weighted by atomic mass is 32.2. The first-order chi connectivity index (χ1) is 17.5.